The molecular weight excluding hydrogens is 300 g/mol. The van der Waals surface area contributed by atoms with Gasteiger partial charge in [-0.15, -0.1) is 0 Å². The molecular formula is C17H25ClN2O2. The van der Waals surface area contributed by atoms with Crippen molar-refractivity contribution in [2.75, 3.05) is 19.6 Å². The zero-order valence-corrected chi connectivity index (χ0v) is 13.6. The molecule has 2 fully saturated rings. The number of likely N-dealkylation sites (tertiary alicyclic amines) is 1. The number of aliphatic hydroxyl groups is 1. The van der Waals surface area contributed by atoms with Crippen LogP contribution in [-0.2, 0) is 0 Å². The van der Waals surface area contributed by atoms with Crippen LogP contribution in [0.4, 0.5) is 0 Å². The molecule has 2 atom stereocenters. The van der Waals surface area contributed by atoms with Crippen LogP contribution in [0, 0.1) is 0 Å². The second kappa shape index (κ2) is 7.18. The minimum Gasteiger partial charge on any atom is -0.489 e. The molecule has 2 unspecified atom stereocenters. The van der Waals surface area contributed by atoms with Gasteiger partial charge in [0.15, 0.2) is 0 Å². The van der Waals surface area contributed by atoms with E-state index in [2.05, 4.69) is 4.90 Å². The van der Waals surface area contributed by atoms with E-state index < -0.39 is 6.10 Å². The number of ether oxygens (including phenoxy) is 1. The predicted octanol–water partition coefficient (Wildman–Crippen LogP) is 2.73. The van der Waals surface area contributed by atoms with Crippen molar-refractivity contribution in [3.8, 4) is 5.75 Å². The third-order valence-corrected chi connectivity index (χ3v) is 4.73. The van der Waals surface area contributed by atoms with Crippen LogP contribution in [0.2, 0.25) is 5.02 Å². The van der Waals surface area contributed by atoms with Gasteiger partial charge in [-0.3, -0.25) is 0 Å². The van der Waals surface area contributed by atoms with Crippen LogP contribution >= 0.6 is 11.6 Å². The first kappa shape index (κ1) is 16.1. The van der Waals surface area contributed by atoms with Gasteiger partial charge in [-0.05, 0) is 56.5 Å². The summed E-state index contributed by atoms with van der Waals surface area (Å²) in [7, 11) is 0. The smallest absolute Gasteiger partial charge is 0.138 e. The number of nitrogens with two attached hydrogens (primary N) is 1. The van der Waals surface area contributed by atoms with Gasteiger partial charge in [0, 0.05) is 12.6 Å². The maximum Gasteiger partial charge on any atom is 0.138 e. The van der Waals surface area contributed by atoms with E-state index in [0.717, 1.165) is 38.0 Å². The van der Waals surface area contributed by atoms with Crippen LogP contribution in [0.15, 0.2) is 18.2 Å². The van der Waals surface area contributed by atoms with E-state index in [1.54, 1.807) is 6.07 Å². The minimum absolute atomic E-state index is 0.302. The standard InChI is InChI=1S/C17H25ClN2O2/c18-14-10-12(4-7-16(14)22-13-5-6-13)17(21)15(19)11-20-8-2-1-3-9-20/h4,7,10,13,15,17,21H,1-3,5-6,8-9,11,19H2. The van der Waals surface area contributed by atoms with Crippen LogP contribution in [-0.4, -0.2) is 41.8 Å². The number of rotatable bonds is 6. The average Bonchev–Trinajstić information content (AvgIpc) is 3.33. The Morgan fingerprint density at radius 2 is 2.00 bits per heavy atom. The van der Waals surface area contributed by atoms with E-state index in [4.69, 9.17) is 22.1 Å². The summed E-state index contributed by atoms with van der Waals surface area (Å²) in [5, 5.41) is 11.0. The number of hydrogen-bond donors (Lipinski definition) is 2. The van der Waals surface area contributed by atoms with E-state index in [9.17, 15) is 5.11 Å². The molecule has 3 rings (SSSR count). The molecule has 1 aliphatic carbocycles. The van der Waals surface area contributed by atoms with Crippen molar-refractivity contribution in [3.63, 3.8) is 0 Å². The third kappa shape index (κ3) is 4.13. The van der Waals surface area contributed by atoms with Crippen molar-refractivity contribution in [2.45, 2.75) is 50.4 Å². The fourth-order valence-electron chi connectivity index (χ4n) is 2.95. The summed E-state index contributed by atoms with van der Waals surface area (Å²) in [6, 6.07) is 5.18. The Hall–Kier alpha value is -0.810. The molecule has 0 amide bonds. The largest absolute Gasteiger partial charge is 0.489 e. The van der Waals surface area contributed by atoms with Crippen molar-refractivity contribution in [2.24, 2.45) is 5.73 Å². The predicted molar refractivity (Wildman–Crippen MR) is 88.3 cm³/mol. The number of halogens is 1. The molecule has 4 nitrogen and oxygen atoms in total. The zero-order chi connectivity index (χ0) is 15.5. The van der Waals surface area contributed by atoms with Crippen LogP contribution < -0.4 is 10.5 Å². The van der Waals surface area contributed by atoms with Gasteiger partial charge in [-0.25, -0.2) is 0 Å². The lowest BCUT2D eigenvalue weighted by atomic mass is 10.0. The number of benzene rings is 1. The summed E-state index contributed by atoms with van der Waals surface area (Å²) in [5.74, 6) is 0.699. The van der Waals surface area contributed by atoms with Crippen LogP contribution in [0.3, 0.4) is 0 Å². The molecule has 1 saturated heterocycles. The van der Waals surface area contributed by atoms with Gasteiger partial charge in [-0.2, -0.15) is 0 Å². The van der Waals surface area contributed by atoms with Crippen molar-refractivity contribution >= 4 is 11.6 Å². The van der Waals surface area contributed by atoms with Gasteiger partial charge >= 0.3 is 0 Å². The summed E-state index contributed by atoms with van der Waals surface area (Å²) >= 11 is 6.25. The highest BCUT2D eigenvalue weighted by atomic mass is 35.5. The molecule has 0 spiro atoms. The fraction of sp³-hybridized carbons (Fsp3) is 0.647. The molecule has 0 radical (unpaired) electrons. The third-order valence-electron chi connectivity index (χ3n) is 4.44. The first-order chi connectivity index (χ1) is 10.6. The van der Waals surface area contributed by atoms with E-state index in [-0.39, 0.29) is 6.04 Å². The Bertz CT molecular complexity index is 501. The Balaban J connectivity index is 1.60. The highest BCUT2D eigenvalue weighted by Gasteiger charge is 2.25. The first-order valence-electron chi connectivity index (χ1n) is 8.25. The lowest BCUT2D eigenvalue weighted by Gasteiger charge is -2.30. The second-order valence-electron chi connectivity index (χ2n) is 6.48. The molecule has 2 aliphatic rings. The van der Waals surface area contributed by atoms with Gasteiger partial charge in [0.2, 0.25) is 0 Å². The lowest BCUT2D eigenvalue weighted by molar-refractivity contribution is 0.111. The Labute approximate surface area is 137 Å². The van der Waals surface area contributed by atoms with Gasteiger partial charge in [0.1, 0.15) is 5.75 Å². The highest BCUT2D eigenvalue weighted by Crippen LogP contribution is 2.33. The maximum atomic E-state index is 10.5. The van der Waals surface area contributed by atoms with Crippen molar-refractivity contribution in [3.05, 3.63) is 28.8 Å². The van der Waals surface area contributed by atoms with Crippen molar-refractivity contribution in [1.82, 2.24) is 4.90 Å². The Morgan fingerprint density at radius 1 is 1.27 bits per heavy atom. The molecule has 0 aromatic heterocycles. The molecule has 1 aromatic carbocycles. The van der Waals surface area contributed by atoms with Crippen molar-refractivity contribution < 1.29 is 9.84 Å². The number of piperidine rings is 1. The zero-order valence-electron chi connectivity index (χ0n) is 12.9. The summed E-state index contributed by atoms with van der Waals surface area (Å²) in [4.78, 5) is 2.34. The number of aliphatic hydroxyl groups excluding tert-OH is 1. The monoisotopic (exact) mass is 324 g/mol. The maximum absolute atomic E-state index is 10.5. The molecule has 1 saturated carbocycles. The summed E-state index contributed by atoms with van der Waals surface area (Å²) in [5.41, 5.74) is 6.95. The summed E-state index contributed by atoms with van der Waals surface area (Å²) in [6.45, 7) is 2.88. The van der Waals surface area contributed by atoms with Crippen molar-refractivity contribution in [1.29, 1.82) is 0 Å². The van der Waals surface area contributed by atoms with Crippen LogP contribution in [0.25, 0.3) is 0 Å². The molecule has 1 heterocycles. The van der Waals surface area contributed by atoms with E-state index >= 15 is 0 Å². The summed E-state index contributed by atoms with van der Waals surface area (Å²) in [6.07, 6.45) is 5.56. The Morgan fingerprint density at radius 3 is 2.64 bits per heavy atom. The van der Waals surface area contributed by atoms with Gasteiger partial charge < -0.3 is 20.5 Å². The van der Waals surface area contributed by atoms with E-state index in [1.807, 2.05) is 12.1 Å². The molecule has 0 bridgehead atoms. The van der Waals surface area contributed by atoms with E-state index in [0.29, 0.717) is 16.9 Å². The molecule has 1 aromatic rings. The fourth-order valence-corrected chi connectivity index (χ4v) is 3.18. The van der Waals surface area contributed by atoms with Gasteiger partial charge in [0.25, 0.3) is 0 Å². The van der Waals surface area contributed by atoms with Gasteiger partial charge in [0.05, 0.1) is 17.2 Å². The van der Waals surface area contributed by atoms with Crippen LogP contribution in [0.5, 0.6) is 5.75 Å². The first-order valence-corrected chi connectivity index (χ1v) is 8.63. The molecule has 3 N–H and O–H groups in total. The second-order valence-corrected chi connectivity index (χ2v) is 6.88. The van der Waals surface area contributed by atoms with Gasteiger partial charge in [-0.1, -0.05) is 24.1 Å². The molecule has 1 aliphatic heterocycles. The number of hydrogen-bond acceptors (Lipinski definition) is 4. The number of nitrogens with zero attached hydrogens (tertiary/aromatic N) is 1. The van der Waals surface area contributed by atoms with E-state index in [1.165, 1.54) is 19.3 Å². The average molecular weight is 325 g/mol. The molecule has 122 valence electrons. The normalized spacial score (nSPS) is 22.3. The lowest BCUT2D eigenvalue weighted by Crippen LogP contribution is -2.43. The Kier molecular flexibility index (Phi) is 5.24. The van der Waals surface area contributed by atoms with Crippen LogP contribution in [0.1, 0.15) is 43.8 Å². The summed E-state index contributed by atoms with van der Waals surface area (Å²) < 4.78 is 5.72. The minimum atomic E-state index is -0.700. The SMILES string of the molecule is NC(CN1CCCCC1)C(O)c1ccc(OC2CC2)c(Cl)c1. The quantitative estimate of drug-likeness (QED) is 0.844. The highest BCUT2D eigenvalue weighted by molar-refractivity contribution is 6.32. The topological polar surface area (TPSA) is 58.7 Å². The molecule has 22 heavy (non-hydrogen) atoms. The molecule has 5 heteroatoms.